The highest BCUT2D eigenvalue weighted by Gasteiger charge is 2.16. The summed E-state index contributed by atoms with van der Waals surface area (Å²) in [6, 6.07) is 10.2. The third-order valence-corrected chi connectivity index (χ3v) is 4.00. The SMILES string of the molecule is BrC(c1ccc2c(c1)CCCO2)c1ccco1. The van der Waals surface area contributed by atoms with Crippen molar-refractivity contribution in [1.82, 2.24) is 0 Å². The van der Waals surface area contributed by atoms with E-state index >= 15 is 0 Å². The number of alkyl halides is 1. The molecule has 3 heteroatoms. The fourth-order valence-corrected chi connectivity index (χ4v) is 2.68. The van der Waals surface area contributed by atoms with Crippen molar-refractivity contribution in [3.63, 3.8) is 0 Å². The average Bonchev–Trinajstić information content (AvgIpc) is 2.91. The summed E-state index contributed by atoms with van der Waals surface area (Å²) in [6.45, 7) is 0.836. The van der Waals surface area contributed by atoms with Gasteiger partial charge in [-0.3, -0.25) is 0 Å². The van der Waals surface area contributed by atoms with Gasteiger partial charge in [0, 0.05) is 0 Å². The number of ether oxygens (including phenoxy) is 1. The molecule has 0 aliphatic carbocycles. The number of furan rings is 1. The standard InChI is InChI=1S/C14H13BrO2/c15-14(13-4-2-8-17-13)11-5-6-12-10(9-11)3-1-7-16-12/h2,4-6,8-9,14H,1,3,7H2. The second-order valence-electron chi connectivity index (χ2n) is 4.20. The Labute approximate surface area is 109 Å². The number of hydrogen-bond donors (Lipinski definition) is 0. The predicted molar refractivity (Wildman–Crippen MR) is 69.7 cm³/mol. The molecule has 1 aromatic carbocycles. The van der Waals surface area contributed by atoms with E-state index in [1.165, 1.54) is 11.1 Å². The molecule has 0 spiro atoms. The molecule has 3 rings (SSSR count). The molecular formula is C14H13BrO2. The third kappa shape index (κ3) is 2.12. The Morgan fingerprint density at radius 1 is 1.24 bits per heavy atom. The number of benzene rings is 1. The van der Waals surface area contributed by atoms with Crippen molar-refractivity contribution in [3.05, 3.63) is 53.5 Å². The molecule has 1 aliphatic rings. The Balaban J connectivity index is 1.93. The molecule has 88 valence electrons. The molecule has 0 saturated heterocycles. The summed E-state index contributed by atoms with van der Waals surface area (Å²) in [6.07, 6.45) is 3.90. The predicted octanol–water partition coefficient (Wildman–Crippen LogP) is 4.09. The van der Waals surface area contributed by atoms with E-state index in [1.54, 1.807) is 6.26 Å². The molecule has 2 nitrogen and oxygen atoms in total. The van der Waals surface area contributed by atoms with E-state index in [4.69, 9.17) is 9.15 Å². The van der Waals surface area contributed by atoms with Crippen LogP contribution in [0.5, 0.6) is 5.75 Å². The first-order valence-electron chi connectivity index (χ1n) is 5.78. The van der Waals surface area contributed by atoms with Gasteiger partial charge in [0.1, 0.15) is 11.5 Å². The summed E-state index contributed by atoms with van der Waals surface area (Å²) in [7, 11) is 0. The average molecular weight is 293 g/mol. The minimum absolute atomic E-state index is 0.115. The van der Waals surface area contributed by atoms with Crippen molar-refractivity contribution in [3.8, 4) is 5.75 Å². The lowest BCUT2D eigenvalue weighted by Gasteiger charge is -2.18. The minimum Gasteiger partial charge on any atom is -0.493 e. The molecule has 1 unspecified atom stereocenters. The van der Waals surface area contributed by atoms with Gasteiger partial charge >= 0.3 is 0 Å². The highest BCUT2D eigenvalue weighted by atomic mass is 79.9. The van der Waals surface area contributed by atoms with Gasteiger partial charge in [0.05, 0.1) is 17.7 Å². The van der Waals surface area contributed by atoms with Gasteiger partial charge < -0.3 is 9.15 Å². The normalized spacial score (nSPS) is 16.1. The molecule has 17 heavy (non-hydrogen) atoms. The number of halogens is 1. The van der Waals surface area contributed by atoms with Crippen molar-refractivity contribution in [1.29, 1.82) is 0 Å². The summed E-state index contributed by atoms with van der Waals surface area (Å²) >= 11 is 3.67. The zero-order chi connectivity index (χ0) is 11.7. The van der Waals surface area contributed by atoms with Gasteiger partial charge in [0.25, 0.3) is 0 Å². The molecule has 1 aromatic heterocycles. The molecule has 0 amide bonds. The van der Waals surface area contributed by atoms with Crippen molar-refractivity contribution in [2.45, 2.75) is 17.7 Å². The van der Waals surface area contributed by atoms with Crippen LogP contribution >= 0.6 is 15.9 Å². The topological polar surface area (TPSA) is 22.4 Å². The fourth-order valence-electron chi connectivity index (χ4n) is 2.14. The molecule has 2 aromatic rings. The number of fused-ring (bicyclic) bond motifs is 1. The largest absolute Gasteiger partial charge is 0.493 e. The van der Waals surface area contributed by atoms with Crippen LogP contribution in [0.15, 0.2) is 41.0 Å². The molecule has 2 heterocycles. The van der Waals surface area contributed by atoms with E-state index in [9.17, 15) is 0 Å². The van der Waals surface area contributed by atoms with Crippen molar-refractivity contribution in [2.75, 3.05) is 6.61 Å². The summed E-state index contributed by atoms with van der Waals surface area (Å²) in [4.78, 5) is 0.115. The Kier molecular flexibility index (Phi) is 2.93. The van der Waals surface area contributed by atoms with Crippen LogP contribution < -0.4 is 4.74 Å². The minimum atomic E-state index is 0.115. The molecular weight excluding hydrogens is 280 g/mol. The van der Waals surface area contributed by atoms with Crippen molar-refractivity contribution in [2.24, 2.45) is 0 Å². The van der Waals surface area contributed by atoms with E-state index in [-0.39, 0.29) is 4.83 Å². The van der Waals surface area contributed by atoms with Gasteiger partial charge in [-0.05, 0) is 42.2 Å². The van der Waals surface area contributed by atoms with E-state index in [0.29, 0.717) is 0 Å². The second kappa shape index (κ2) is 4.57. The monoisotopic (exact) mass is 292 g/mol. The zero-order valence-electron chi connectivity index (χ0n) is 9.36. The van der Waals surface area contributed by atoms with Crippen LogP contribution in [0.2, 0.25) is 0 Å². The van der Waals surface area contributed by atoms with Crippen LogP contribution in [0.3, 0.4) is 0 Å². The summed E-state index contributed by atoms with van der Waals surface area (Å²) in [5.74, 6) is 1.96. The first-order chi connectivity index (χ1) is 8.34. The van der Waals surface area contributed by atoms with Gasteiger partial charge in [-0.2, -0.15) is 0 Å². The van der Waals surface area contributed by atoms with E-state index in [2.05, 4.69) is 34.1 Å². The first-order valence-corrected chi connectivity index (χ1v) is 6.69. The maximum Gasteiger partial charge on any atom is 0.122 e. The molecule has 0 fully saturated rings. The van der Waals surface area contributed by atoms with E-state index in [0.717, 1.165) is 31.0 Å². The Hall–Kier alpha value is -1.22. The second-order valence-corrected chi connectivity index (χ2v) is 5.11. The number of aryl methyl sites for hydroxylation is 1. The lowest BCUT2D eigenvalue weighted by molar-refractivity contribution is 0.288. The summed E-state index contributed by atoms with van der Waals surface area (Å²) < 4.78 is 11.0. The highest BCUT2D eigenvalue weighted by Crippen LogP contribution is 2.34. The van der Waals surface area contributed by atoms with E-state index < -0.39 is 0 Å². The smallest absolute Gasteiger partial charge is 0.122 e. The fraction of sp³-hybridized carbons (Fsp3) is 0.286. The van der Waals surface area contributed by atoms with Crippen molar-refractivity contribution < 1.29 is 9.15 Å². The van der Waals surface area contributed by atoms with Crippen molar-refractivity contribution >= 4 is 15.9 Å². The Morgan fingerprint density at radius 2 is 2.18 bits per heavy atom. The van der Waals surface area contributed by atoms with Gasteiger partial charge in [-0.15, -0.1) is 0 Å². The molecule has 0 saturated carbocycles. The van der Waals surface area contributed by atoms with Gasteiger partial charge in [-0.25, -0.2) is 0 Å². The number of rotatable bonds is 2. The maximum absolute atomic E-state index is 5.61. The lowest BCUT2D eigenvalue weighted by atomic mass is 10.0. The summed E-state index contributed by atoms with van der Waals surface area (Å²) in [5.41, 5.74) is 2.51. The molecule has 0 N–H and O–H groups in total. The molecule has 0 radical (unpaired) electrons. The third-order valence-electron chi connectivity index (χ3n) is 3.02. The van der Waals surface area contributed by atoms with Gasteiger partial charge in [0.2, 0.25) is 0 Å². The zero-order valence-corrected chi connectivity index (χ0v) is 10.9. The van der Waals surface area contributed by atoms with Gasteiger partial charge in [0.15, 0.2) is 0 Å². The molecule has 1 atom stereocenters. The van der Waals surface area contributed by atoms with E-state index in [1.807, 2.05) is 12.1 Å². The van der Waals surface area contributed by atoms with Crippen LogP contribution in [0.1, 0.15) is 28.1 Å². The Bertz CT molecular complexity index is 505. The van der Waals surface area contributed by atoms with Gasteiger partial charge in [-0.1, -0.05) is 28.1 Å². The Morgan fingerprint density at radius 3 is 3.00 bits per heavy atom. The van der Waals surface area contributed by atoms with Crippen LogP contribution in [0.25, 0.3) is 0 Å². The van der Waals surface area contributed by atoms with Crippen LogP contribution in [0, 0.1) is 0 Å². The maximum atomic E-state index is 5.61. The quantitative estimate of drug-likeness (QED) is 0.778. The first kappa shape index (κ1) is 10.9. The molecule has 1 aliphatic heterocycles. The van der Waals surface area contributed by atoms with Crippen LogP contribution in [0.4, 0.5) is 0 Å². The molecule has 0 bridgehead atoms. The number of hydrogen-bond acceptors (Lipinski definition) is 2. The summed E-state index contributed by atoms with van der Waals surface area (Å²) in [5, 5.41) is 0. The lowest BCUT2D eigenvalue weighted by Crippen LogP contribution is -2.08. The highest BCUT2D eigenvalue weighted by molar-refractivity contribution is 9.09. The van der Waals surface area contributed by atoms with Crippen LogP contribution in [-0.2, 0) is 6.42 Å². The van der Waals surface area contributed by atoms with Crippen LogP contribution in [-0.4, -0.2) is 6.61 Å².